The van der Waals surface area contributed by atoms with E-state index in [4.69, 9.17) is 16.2 Å². The van der Waals surface area contributed by atoms with Crippen LogP contribution in [0.1, 0.15) is 13.8 Å². The van der Waals surface area contributed by atoms with Crippen molar-refractivity contribution in [3.05, 3.63) is 35.5 Å². The molecule has 0 saturated heterocycles. The molecule has 5 nitrogen and oxygen atoms in total. The fourth-order valence-corrected chi connectivity index (χ4v) is 1.40. The number of hydrogen-bond acceptors (Lipinski definition) is 5. The topological polar surface area (TPSA) is 98.6 Å². The zero-order valence-electron chi connectivity index (χ0n) is 11.0. The Balaban J connectivity index is 4.80. The van der Waals surface area contributed by atoms with Crippen molar-refractivity contribution in [2.24, 2.45) is 11.5 Å². The standard InChI is InChI=1S/C13H22N2O3/c1-8(2)13(17)18-7-11(16)12(9(3)5-14)10(4)6-15/h11,16H,1,3,5-7,14-15H2,2,4H3/b12-10-. The molecule has 1 atom stereocenters. The lowest BCUT2D eigenvalue weighted by Crippen LogP contribution is -2.26. The molecule has 0 bridgehead atoms. The Morgan fingerprint density at radius 3 is 2.22 bits per heavy atom. The SMILES string of the molecule is C=C(C)C(=O)OCC(O)/C(C(=C)CN)=C(/C)CN. The maximum atomic E-state index is 11.2. The van der Waals surface area contributed by atoms with Crippen LogP contribution in [0.15, 0.2) is 35.5 Å². The number of ether oxygens (including phenoxy) is 1. The summed E-state index contributed by atoms with van der Waals surface area (Å²) >= 11 is 0. The van der Waals surface area contributed by atoms with Gasteiger partial charge in [-0.05, 0) is 25.0 Å². The molecule has 0 rings (SSSR count). The molecule has 0 aromatic carbocycles. The van der Waals surface area contributed by atoms with Crippen LogP contribution in [0.2, 0.25) is 0 Å². The number of carbonyl (C=O) groups is 1. The van der Waals surface area contributed by atoms with E-state index in [1.54, 1.807) is 6.92 Å². The molecule has 18 heavy (non-hydrogen) atoms. The van der Waals surface area contributed by atoms with Crippen LogP contribution >= 0.6 is 0 Å². The molecule has 0 aliphatic heterocycles. The maximum absolute atomic E-state index is 11.2. The summed E-state index contributed by atoms with van der Waals surface area (Å²) in [5.74, 6) is -0.544. The molecule has 0 radical (unpaired) electrons. The summed E-state index contributed by atoms with van der Waals surface area (Å²) in [5.41, 5.74) is 13.2. The molecule has 0 aliphatic carbocycles. The van der Waals surface area contributed by atoms with Gasteiger partial charge >= 0.3 is 5.97 Å². The predicted molar refractivity (Wildman–Crippen MR) is 71.7 cm³/mol. The van der Waals surface area contributed by atoms with Crippen molar-refractivity contribution in [3.8, 4) is 0 Å². The van der Waals surface area contributed by atoms with E-state index in [9.17, 15) is 9.90 Å². The van der Waals surface area contributed by atoms with E-state index >= 15 is 0 Å². The third-order valence-electron chi connectivity index (χ3n) is 2.45. The first-order valence-electron chi connectivity index (χ1n) is 5.63. The smallest absolute Gasteiger partial charge is 0.333 e. The van der Waals surface area contributed by atoms with Gasteiger partial charge in [-0.1, -0.05) is 18.7 Å². The van der Waals surface area contributed by atoms with E-state index < -0.39 is 12.1 Å². The summed E-state index contributed by atoms with van der Waals surface area (Å²) in [4.78, 5) is 11.2. The second-order valence-electron chi connectivity index (χ2n) is 4.10. The minimum atomic E-state index is -0.979. The van der Waals surface area contributed by atoms with Crippen LogP contribution < -0.4 is 11.5 Å². The summed E-state index contributed by atoms with van der Waals surface area (Å²) in [7, 11) is 0. The lowest BCUT2D eigenvalue weighted by Gasteiger charge is -2.19. The number of esters is 1. The van der Waals surface area contributed by atoms with E-state index in [0.717, 1.165) is 5.57 Å². The number of aliphatic hydroxyl groups is 1. The Hall–Kier alpha value is -1.43. The molecule has 0 aromatic rings. The predicted octanol–water partition coefficient (Wildman–Crippen LogP) is 0.257. The van der Waals surface area contributed by atoms with Crippen LogP contribution in [0.4, 0.5) is 0 Å². The van der Waals surface area contributed by atoms with Gasteiger partial charge in [0.25, 0.3) is 0 Å². The van der Waals surface area contributed by atoms with Gasteiger partial charge in [0.2, 0.25) is 0 Å². The molecule has 0 fully saturated rings. The molecule has 102 valence electrons. The lowest BCUT2D eigenvalue weighted by atomic mass is 9.97. The Bertz CT molecular complexity index is 372. The van der Waals surface area contributed by atoms with Gasteiger partial charge in [-0.2, -0.15) is 0 Å². The highest BCUT2D eigenvalue weighted by atomic mass is 16.5. The van der Waals surface area contributed by atoms with Gasteiger partial charge in [-0.15, -0.1) is 0 Å². The van der Waals surface area contributed by atoms with Crippen LogP contribution in [-0.2, 0) is 9.53 Å². The summed E-state index contributed by atoms with van der Waals surface area (Å²) in [5, 5.41) is 10.0. The van der Waals surface area contributed by atoms with Crippen LogP contribution in [0.3, 0.4) is 0 Å². The van der Waals surface area contributed by atoms with Crippen LogP contribution in [0.5, 0.6) is 0 Å². The van der Waals surface area contributed by atoms with Crippen LogP contribution in [0.25, 0.3) is 0 Å². The summed E-state index contributed by atoms with van der Waals surface area (Å²) < 4.78 is 4.89. The third-order valence-corrected chi connectivity index (χ3v) is 2.45. The van der Waals surface area contributed by atoms with Gasteiger partial charge in [0, 0.05) is 18.7 Å². The van der Waals surface area contributed by atoms with Crippen LogP contribution in [0, 0.1) is 0 Å². The number of nitrogens with two attached hydrogens (primary N) is 2. The van der Waals surface area contributed by atoms with E-state index in [1.165, 1.54) is 6.92 Å². The van der Waals surface area contributed by atoms with E-state index in [0.29, 0.717) is 11.1 Å². The number of carbonyl (C=O) groups excluding carboxylic acids is 1. The Labute approximate surface area is 108 Å². The van der Waals surface area contributed by atoms with Crippen molar-refractivity contribution < 1.29 is 14.6 Å². The molecular weight excluding hydrogens is 232 g/mol. The Morgan fingerprint density at radius 2 is 1.83 bits per heavy atom. The highest BCUT2D eigenvalue weighted by molar-refractivity contribution is 5.86. The van der Waals surface area contributed by atoms with Gasteiger partial charge in [0.1, 0.15) is 12.7 Å². The Kier molecular flexibility index (Phi) is 7.19. The van der Waals surface area contributed by atoms with Crippen molar-refractivity contribution >= 4 is 5.97 Å². The first kappa shape index (κ1) is 16.6. The number of aliphatic hydroxyl groups excluding tert-OH is 1. The fourth-order valence-electron chi connectivity index (χ4n) is 1.40. The minimum absolute atomic E-state index is 0.169. The molecule has 5 N–H and O–H groups in total. The van der Waals surface area contributed by atoms with Crippen molar-refractivity contribution in [2.75, 3.05) is 19.7 Å². The highest BCUT2D eigenvalue weighted by Crippen LogP contribution is 2.17. The van der Waals surface area contributed by atoms with E-state index in [2.05, 4.69) is 13.2 Å². The summed E-state index contributed by atoms with van der Waals surface area (Å²) in [6.07, 6.45) is -0.979. The summed E-state index contributed by atoms with van der Waals surface area (Å²) in [6.45, 7) is 10.9. The highest BCUT2D eigenvalue weighted by Gasteiger charge is 2.18. The molecule has 0 aromatic heterocycles. The number of rotatable bonds is 7. The van der Waals surface area contributed by atoms with Crippen molar-refractivity contribution in [1.29, 1.82) is 0 Å². The molecule has 0 aliphatic rings. The lowest BCUT2D eigenvalue weighted by molar-refractivity contribution is -0.141. The first-order valence-corrected chi connectivity index (χ1v) is 5.63. The van der Waals surface area contributed by atoms with E-state index in [-0.39, 0.29) is 25.3 Å². The van der Waals surface area contributed by atoms with Gasteiger partial charge in [0.05, 0.1) is 0 Å². The molecule has 1 unspecified atom stereocenters. The van der Waals surface area contributed by atoms with Gasteiger partial charge in [-0.3, -0.25) is 0 Å². The first-order chi connectivity index (χ1) is 8.34. The monoisotopic (exact) mass is 254 g/mol. The molecule has 5 heteroatoms. The molecule has 0 saturated carbocycles. The fraction of sp³-hybridized carbons (Fsp3) is 0.462. The van der Waals surface area contributed by atoms with Crippen molar-refractivity contribution in [1.82, 2.24) is 0 Å². The largest absolute Gasteiger partial charge is 0.459 e. The molecular formula is C13H22N2O3. The average Bonchev–Trinajstić information content (AvgIpc) is 2.35. The van der Waals surface area contributed by atoms with Crippen LogP contribution in [-0.4, -0.2) is 36.9 Å². The molecule has 0 amide bonds. The molecule has 0 heterocycles. The third kappa shape index (κ3) is 4.83. The zero-order chi connectivity index (χ0) is 14.3. The zero-order valence-corrected chi connectivity index (χ0v) is 11.0. The quantitative estimate of drug-likeness (QED) is 0.344. The van der Waals surface area contributed by atoms with Gasteiger partial charge < -0.3 is 21.3 Å². The summed E-state index contributed by atoms with van der Waals surface area (Å²) in [6, 6.07) is 0. The average molecular weight is 254 g/mol. The van der Waals surface area contributed by atoms with Crippen molar-refractivity contribution in [3.63, 3.8) is 0 Å². The van der Waals surface area contributed by atoms with Crippen molar-refractivity contribution in [2.45, 2.75) is 20.0 Å². The Morgan fingerprint density at radius 1 is 1.28 bits per heavy atom. The normalized spacial score (nSPS) is 13.6. The second kappa shape index (κ2) is 7.81. The van der Waals surface area contributed by atoms with Gasteiger partial charge in [-0.25, -0.2) is 4.79 Å². The van der Waals surface area contributed by atoms with E-state index in [1.807, 2.05) is 0 Å². The maximum Gasteiger partial charge on any atom is 0.333 e. The minimum Gasteiger partial charge on any atom is -0.459 e. The van der Waals surface area contributed by atoms with Gasteiger partial charge in [0.15, 0.2) is 0 Å². The second-order valence-corrected chi connectivity index (χ2v) is 4.10. The molecule has 0 spiro atoms. The number of hydrogen-bond donors (Lipinski definition) is 3.